The number of allylic oxidation sites excluding steroid dienone is 5. The number of hydrogen-bond acceptors (Lipinski definition) is 2. The summed E-state index contributed by atoms with van der Waals surface area (Å²) in [5, 5.41) is 0. The van der Waals surface area contributed by atoms with Gasteiger partial charge in [-0.05, 0) is 6.26 Å². The van der Waals surface area contributed by atoms with Gasteiger partial charge in [0.15, 0.2) is 0 Å². The Hall–Kier alpha value is -1.02. The fraction of sp³-hybridized carbons (Fsp3) is 0.0909. The zero-order valence-corrected chi connectivity index (χ0v) is 10.1. The second-order valence-electron chi connectivity index (χ2n) is 3.03. The molecule has 0 unspecified atom stereocenters. The summed E-state index contributed by atoms with van der Waals surface area (Å²) in [5.74, 6) is 0. The van der Waals surface area contributed by atoms with E-state index in [2.05, 4.69) is 19.7 Å². The van der Waals surface area contributed by atoms with Crippen molar-refractivity contribution < 1.29 is 0 Å². The van der Waals surface area contributed by atoms with E-state index in [1.165, 1.54) is 5.47 Å². The molecule has 0 aliphatic rings. The van der Waals surface area contributed by atoms with Crippen molar-refractivity contribution in [1.29, 1.82) is 0 Å². The summed E-state index contributed by atoms with van der Waals surface area (Å²) in [6.07, 6.45) is 9.21. The van der Waals surface area contributed by atoms with E-state index in [0.29, 0.717) is 0 Å². The van der Waals surface area contributed by atoms with E-state index in [1.807, 2.05) is 12.3 Å². The second kappa shape index (κ2) is 8.30. The molecule has 1 nitrogen and oxygen atoms in total. The van der Waals surface area contributed by atoms with Crippen LogP contribution in [0.2, 0.25) is 0 Å². The molecular weight excluding hydrogens is 200 g/mol. The van der Waals surface area contributed by atoms with Crippen molar-refractivity contribution in [2.75, 3.05) is 6.26 Å². The lowest BCUT2D eigenvalue weighted by Crippen LogP contribution is -2.10. The maximum atomic E-state index is 5.55. The van der Waals surface area contributed by atoms with E-state index in [1.54, 1.807) is 30.1 Å². The lowest BCUT2D eigenvalue weighted by atomic mass is 9.33. The van der Waals surface area contributed by atoms with Crippen LogP contribution in [0.25, 0.3) is 0 Å². The molecule has 0 fully saturated rings. The Labute approximate surface area is 98.4 Å². The first kappa shape index (κ1) is 14.0. The van der Waals surface area contributed by atoms with Gasteiger partial charge >= 0.3 is 0 Å². The number of hydrogen-bond donors (Lipinski definition) is 1. The minimum absolute atomic E-state index is 0.904. The first-order valence-corrected chi connectivity index (χ1v) is 6.00. The average Bonchev–Trinajstić information content (AvgIpc) is 2.26. The highest BCUT2D eigenvalue weighted by Gasteiger charge is 2.05. The molecular formula is C11H17B2NS. The largest absolute Gasteiger partial charge is 0.404 e. The van der Waals surface area contributed by atoms with Crippen LogP contribution in [0, 0.1) is 0 Å². The Kier molecular flexibility index (Phi) is 7.74. The smallest absolute Gasteiger partial charge is 0.131 e. The standard InChI is InChI=1S/C11H17B2NS/c1-5-7-10(11(8-14)15-4)13-12-9(3)6-2/h5-8,12-13H,1-3,14H2,4H3/b10-7+,11-8+. The topological polar surface area (TPSA) is 26.0 Å². The molecule has 0 aromatic heterocycles. The van der Waals surface area contributed by atoms with Gasteiger partial charge in [-0.25, -0.2) is 0 Å². The van der Waals surface area contributed by atoms with Crippen LogP contribution in [0.15, 0.2) is 60.0 Å². The summed E-state index contributed by atoms with van der Waals surface area (Å²) in [6, 6.07) is 0. The molecule has 15 heavy (non-hydrogen) atoms. The summed E-state index contributed by atoms with van der Waals surface area (Å²) >= 11 is 1.64. The summed E-state index contributed by atoms with van der Waals surface area (Å²) in [4.78, 5) is 1.09. The van der Waals surface area contributed by atoms with Gasteiger partial charge in [-0.2, -0.15) is 0 Å². The van der Waals surface area contributed by atoms with Crippen molar-refractivity contribution in [3.8, 4) is 0 Å². The molecule has 0 aliphatic carbocycles. The molecule has 0 aromatic carbocycles. The third-order valence-electron chi connectivity index (χ3n) is 2.01. The van der Waals surface area contributed by atoms with Gasteiger partial charge in [-0.15, -0.1) is 23.8 Å². The van der Waals surface area contributed by atoms with E-state index < -0.39 is 0 Å². The summed E-state index contributed by atoms with van der Waals surface area (Å²) < 4.78 is 0. The van der Waals surface area contributed by atoms with Crippen LogP contribution in [-0.2, 0) is 0 Å². The van der Waals surface area contributed by atoms with E-state index in [-0.39, 0.29) is 0 Å². The molecule has 78 valence electrons. The Morgan fingerprint density at radius 3 is 2.40 bits per heavy atom. The maximum Gasteiger partial charge on any atom is 0.131 e. The molecule has 0 heterocycles. The molecule has 0 aromatic rings. The molecule has 4 heteroatoms. The summed E-state index contributed by atoms with van der Waals surface area (Å²) in [5.41, 5.74) is 7.79. The van der Waals surface area contributed by atoms with Crippen LogP contribution in [-0.4, -0.2) is 20.6 Å². The molecule has 0 spiro atoms. The third kappa shape index (κ3) is 5.43. The lowest BCUT2D eigenvalue weighted by Gasteiger charge is -2.07. The first-order valence-electron chi connectivity index (χ1n) is 4.77. The zero-order valence-electron chi connectivity index (χ0n) is 9.33. The third-order valence-corrected chi connectivity index (χ3v) is 2.85. The van der Waals surface area contributed by atoms with Gasteiger partial charge in [-0.3, -0.25) is 0 Å². The van der Waals surface area contributed by atoms with Crippen molar-refractivity contribution in [2.45, 2.75) is 0 Å². The van der Waals surface area contributed by atoms with Crippen molar-refractivity contribution in [3.63, 3.8) is 0 Å². The Balaban J connectivity index is 4.55. The highest BCUT2D eigenvalue weighted by atomic mass is 32.2. The molecule has 2 N–H and O–H groups in total. The van der Waals surface area contributed by atoms with E-state index >= 15 is 0 Å². The van der Waals surface area contributed by atoms with E-state index in [0.717, 1.165) is 24.7 Å². The van der Waals surface area contributed by atoms with Crippen molar-refractivity contribution in [2.24, 2.45) is 5.73 Å². The van der Waals surface area contributed by atoms with Gasteiger partial charge in [0.25, 0.3) is 0 Å². The average molecular weight is 217 g/mol. The molecule has 0 atom stereocenters. The number of rotatable bonds is 7. The van der Waals surface area contributed by atoms with Crippen molar-refractivity contribution in [3.05, 3.63) is 60.0 Å². The van der Waals surface area contributed by atoms with Gasteiger partial charge in [0.2, 0.25) is 0 Å². The quantitative estimate of drug-likeness (QED) is 0.518. The van der Waals surface area contributed by atoms with Crippen LogP contribution < -0.4 is 5.73 Å². The van der Waals surface area contributed by atoms with Crippen molar-refractivity contribution in [1.82, 2.24) is 0 Å². The predicted octanol–water partition coefficient (Wildman–Crippen LogP) is 1.71. The number of thioether (sulfide) groups is 1. The van der Waals surface area contributed by atoms with Crippen LogP contribution in [0.4, 0.5) is 0 Å². The molecule has 0 bridgehead atoms. The highest BCUT2D eigenvalue weighted by Crippen LogP contribution is 2.19. The SMILES string of the molecule is C=C/C=C(BBC(=C)C=C)\C(=C/N)SC. The molecule has 0 saturated heterocycles. The van der Waals surface area contributed by atoms with Crippen LogP contribution in [0.1, 0.15) is 0 Å². The van der Waals surface area contributed by atoms with Gasteiger partial charge in [0.1, 0.15) is 14.3 Å². The van der Waals surface area contributed by atoms with Crippen LogP contribution >= 0.6 is 11.8 Å². The lowest BCUT2D eigenvalue weighted by molar-refractivity contribution is 1.57. The fourth-order valence-electron chi connectivity index (χ4n) is 1.13. The Bertz CT molecular complexity index is 306. The Morgan fingerprint density at radius 2 is 2.00 bits per heavy atom. The van der Waals surface area contributed by atoms with E-state index in [4.69, 9.17) is 5.73 Å². The van der Waals surface area contributed by atoms with Crippen LogP contribution in [0.5, 0.6) is 0 Å². The maximum absolute atomic E-state index is 5.55. The van der Waals surface area contributed by atoms with Crippen LogP contribution in [0.3, 0.4) is 0 Å². The first-order chi connectivity index (χ1) is 7.19. The number of nitrogens with two attached hydrogens (primary N) is 1. The molecule has 0 aliphatic heterocycles. The van der Waals surface area contributed by atoms with Crippen molar-refractivity contribution >= 4 is 26.1 Å². The minimum atomic E-state index is 0.904. The van der Waals surface area contributed by atoms with E-state index in [9.17, 15) is 0 Å². The normalized spacial score (nSPS) is 11.8. The Morgan fingerprint density at radius 1 is 1.33 bits per heavy atom. The summed E-state index contributed by atoms with van der Waals surface area (Å²) in [7, 11) is 1.82. The molecule has 0 rings (SSSR count). The fourth-order valence-corrected chi connectivity index (χ4v) is 1.70. The highest BCUT2D eigenvalue weighted by molar-refractivity contribution is 8.02. The predicted molar refractivity (Wildman–Crippen MR) is 77.7 cm³/mol. The molecule has 0 amide bonds. The van der Waals surface area contributed by atoms with Gasteiger partial charge in [0, 0.05) is 11.1 Å². The summed E-state index contributed by atoms with van der Waals surface area (Å²) in [6.45, 7) is 11.3. The molecule has 0 radical (unpaired) electrons. The van der Waals surface area contributed by atoms with Gasteiger partial charge < -0.3 is 5.73 Å². The van der Waals surface area contributed by atoms with Gasteiger partial charge in [-0.1, -0.05) is 36.9 Å². The molecule has 0 saturated carbocycles. The minimum Gasteiger partial charge on any atom is -0.404 e. The zero-order chi connectivity index (χ0) is 11.7. The second-order valence-corrected chi connectivity index (χ2v) is 3.87. The van der Waals surface area contributed by atoms with Gasteiger partial charge in [0.05, 0.1) is 0 Å². The monoisotopic (exact) mass is 217 g/mol.